The second kappa shape index (κ2) is 6.45. The van der Waals surface area contributed by atoms with Gasteiger partial charge in [0.05, 0.1) is 0 Å². The van der Waals surface area contributed by atoms with Gasteiger partial charge in [0.25, 0.3) is 0 Å². The number of hydrogen-bond donors (Lipinski definition) is 1. The highest BCUT2D eigenvalue weighted by Gasteiger charge is 2.19. The fraction of sp³-hybridized carbons (Fsp3) is 0.600. The van der Waals surface area contributed by atoms with Crippen LogP contribution in [0.15, 0.2) is 12.7 Å². The second-order valence-corrected chi connectivity index (χ2v) is 4.10. The molecule has 0 bridgehead atoms. The Morgan fingerprint density at radius 2 is 2.00 bits per heavy atom. The van der Waals surface area contributed by atoms with Gasteiger partial charge in [0.1, 0.15) is 5.38 Å². The van der Waals surface area contributed by atoms with Crippen LogP contribution in [-0.2, 0) is 4.79 Å². The van der Waals surface area contributed by atoms with E-state index in [2.05, 4.69) is 11.9 Å². The fourth-order valence-corrected chi connectivity index (χ4v) is 0.999. The highest BCUT2D eigenvalue weighted by Crippen LogP contribution is 2.00. The Labute approximate surface area is 95.3 Å². The third-order valence-corrected chi connectivity index (χ3v) is 2.00. The zero-order valence-corrected chi connectivity index (χ0v) is 10.0. The number of urea groups is 1. The first-order valence-electron chi connectivity index (χ1n) is 4.76. The molecule has 5 heteroatoms. The summed E-state index contributed by atoms with van der Waals surface area (Å²) in [6.45, 7) is 9.17. The Kier molecular flexibility index (Phi) is 6.01. The van der Waals surface area contributed by atoms with Crippen molar-refractivity contribution in [2.45, 2.75) is 32.2 Å². The van der Waals surface area contributed by atoms with E-state index >= 15 is 0 Å². The van der Waals surface area contributed by atoms with Gasteiger partial charge < -0.3 is 4.90 Å². The van der Waals surface area contributed by atoms with Crippen molar-refractivity contribution < 1.29 is 9.59 Å². The van der Waals surface area contributed by atoms with Gasteiger partial charge in [0.15, 0.2) is 0 Å². The van der Waals surface area contributed by atoms with Crippen molar-refractivity contribution in [3.8, 4) is 0 Å². The number of nitrogens with one attached hydrogen (secondary N) is 1. The van der Waals surface area contributed by atoms with Gasteiger partial charge >= 0.3 is 6.03 Å². The van der Waals surface area contributed by atoms with Gasteiger partial charge in [-0.15, -0.1) is 18.2 Å². The molecular weight excluding hydrogens is 216 g/mol. The van der Waals surface area contributed by atoms with Gasteiger partial charge in [-0.1, -0.05) is 6.08 Å². The van der Waals surface area contributed by atoms with Crippen molar-refractivity contribution in [1.82, 2.24) is 10.2 Å². The van der Waals surface area contributed by atoms with E-state index in [0.717, 1.165) is 0 Å². The summed E-state index contributed by atoms with van der Waals surface area (Å²) in [6, 6.07) is -0.441. The first-order valence-corrected chi connectivity index (χ1v) is 5.20. The van der Waals surface area contributed by atoms with Crippen LogP contribution >= 0.6 is 11.6 Å². The summed E-state index contributed by atoms with van der Waals surface area (Å²) in [5.74, 6) is -0.489. The molecule has 86 valence electrons. The number of imide groups is 1. The average molecular weight is 233 g/mol. The van der Waals surface area contributed by atoms with Crippen LogP contribution in [0.1, 0.15) is 20.8 Å². The predicted octanol–water partition coefficient (Wildman–Crippen LogP) is 1.75. The van der Waals surface area contributed by atoms with Crippen molar-refractivity contribution in [3.05, 3.63) is 12.7 Å². The first kappa shape index (κ1) is 14.0. The topological polar surface area (TPSA) is 49.4 Å². The number of halogens is 1. The maximum atomic E-state index is 11.6. The number of nitrogens with zero attached hydrogens (tertiary/aromatic N) is 1. The molecule has 0 aromatic rings. The Morgan fingerprint density at radius 1 is 1.47 bits per heavy atom. The molecule has 0 saturated heterocycles. The number of carbonyl (C=O) groups excluding carboxylic acids is 2. The Balaban J connectivity index is 4.38. The quantitative estimate of drug-likeness (QED) is 0.593. The van der Waals surface area contributed by atoms with Crippen molar-refractivity contribution in [2.24, 2.45) is 0 Å². The smallest absolute Gasteiger partial charge is 0.318 e. The normalized spacial score (nSPS) is 12.1. The molecular formula is C10H17ClN2O2. The summed E-state index contributed by atoms with van der Waals surface area (Å²) in [7, 11) is 0. The van der Waals surface area contributed by atoms with Gasteiger partial charge in [-0.3, -0.25) is 10.1 Å². The molecule has 0 aromatic heterocycles. The van der Waals surface area contributed by atoms with E-state index in [1.807, 2.05) is 13.8 Å². The molecule has 1 unspecified atom stereocenters. The zero-order chi connectivity index (χ0) is 12.0. The second-order valence-electron chi connectivity index (χ2n) is 3.45. The lowest BCUT2D eigenvalue weighted by atomic mass is 10.3. The number of amides is 3. The van der Waals surface area contributed by atoms with Gasteiger partial charge in [-0.25, -0.2) is 4.79 Å². The van der Waals surface area contributed by atoms with Crippen molar-refractivity contribution >= 4 is 23.5 Å². The summed E-state index contributed by atoms with van der Waals surface area (Å²) in [6.07, 6.45) is 1.61. The van der Waals surface area contributed by atoms with Gasteiger partial charge in [0, 0.05) is 12.6 Å². The predicted molar refractivity (Wildman–Crippen MR) is 60.9 cm³/mol. The molecule has 0 aliphatic heterocycles. The summed E-state index contributed by atoms with van der Waals surface area (Å²) in [5.41, 5.74) is 0. The van der Waals surface area contributed by atoms with Crippen molar-refractivity contribution in [1.29, 1.82) is 0 Å². The van der Waals surface area contributed by atoms with E-state index in [1.165, 1.54) is 11.8 Å². The molecule has 15 heavy (non-hydrogen) atoms. The van der Waals surface area contributed by atoms with E-state index in [0.29, 0.717) is 6.54 Å². The maximum absolute atomic E-state index is 11.6. The van der Waals surface area contributed by atoms with Crippen LogP contribution in [0.3, 0.4) is 0 Å². The molecule has 1 N–H and O–H groups in total. The number of carbonyl (C=O) groups is 2. The van der Waals surface area contributed by atoms with E-state index in [1.54, 1.807) is 6.08 Å². The molecule has 4 nitrogen and oxygen atoms in total. The molecule has 0 aromatic carbocycles. The molecule has 0 radical (unpaired) electrons. The minimum absolute atomic E-state index is 0.00133. The summed E-state index contributed by atoms with van der Waals surface area (Å²) >= 11 is 5.53. The van der Waals surface area contributed by atoms with Crippen LogP contribution in [0.4, 0.5) is 4.79 Å². The molecule has 0 heterocycles. The summed E-state index contributed by atoms with van der Waals surface area (Å²) in [4.78, 5) is 24.2. The van der Waals surface area contributed by atoms with Crippen LogP contribution in [0, 0.1) is 0 Å². The molecule has 0 aliphatic rings. The average Bonchev–Trinajstić information content (AvgIpc) is 2.12. The first-order chi connectivity index (χ1) is 6.90. The van der Waals surface area contributed by atoms with Crippen LogP contribution in [0.2, 0.25) is 0 Å². The van der Waals surface area contributed by atoms with E-state index in [9.17, 15) is 9.59 Å². The number of alkyl halides is 1. The summed E-state index contributed by atoms with van der Waals surface area (Å²) in [5, 5.41) is 1.50. The lowest BCUT2D eigenvalue weighted by molar-refractivity contribution is -0.119. The third kappa shape index (κ3) is 4.83. The van der Waals surface area contributed by atoms with Crippen LogP contribution < -0.4 is 5.32 Å². The molecule has 0 saturated carbocycles. The standard InChI is InChI=1S/C10H17ClN2O2/c1-5-6-13(7(2)3)10(15)12-9(14)8(4)11/h5,7-8H,1,6H2,2-4H3,(H,12,14,15). The third-order valence-electron chi connectivity index (χ3n) is 1.80. The maximum Gasteiger partial charge on any atom is 0.324 e. The molecule has 0 fully saturated rings. The fourth-order valence-electron chi connectivity index (χ4n) is 0.944. The molecule has 0 aliphatic carbocycles. The Hall–Kier alpha value is -1.03. The molecule has 0 spiro atoms. The van der Waals surface area contributed by atoms with Gasteiger partial charge in [-0.05, 0) is 20.8 Å². The van der Waals surface area contributed by atoms with Crippen LogP contribution in [0.25, 0.3) is 0 Å². The lowest BCUT2D eigenvalue weighted by Gasteiger charge is -2.25. The highest BCUT2D eigenvalue weighted by molar-refractivity contribution is 6.31. The number of hydrogen-bond acceptors (Lipinski definition) is 2. The van der Waals surface area contributed by atoms with Crippen molar-refractivity contribution in [2.75, 3.05) is 6.54 Å². The largest absolute Gasteiger partial charge is 0.324 e. The molecule has 0 rings (SSSR count). The van der Waals surface area contributed by atoms with E-state index < -0.39 is 17.3 Å². The zero-order valence-electron chi connectivity index (χ0n) is 9.29. The SMILES string of the molecule is C=CCN(C(=O)NC(=O)C(C)Cl)C(C)C. The summed E-state index contributed by atoms with van der Waals surface area (Å²) < 4.78 is 0. The van der Waals surface area contributed by atoms with Crippen LogP contribution in [-0.4, -0.2) is 34.8 Å². The van der Waals surface area contributed by atoms with Crippen LogP contribution in [0.5, 0.6) is 0 Å². The molecule has 1 atom stereocenters. The molecule has 3 amide bonds. The highest BCUT2D eigenvalue weighted by atomic mass is 35.5. The van der Waals surface area contributed by atoms with E-state index in [4.69, 9.17) is 11.6 Å². The van der Waals surface area contributed by atoms with Gasteiger partial charge in [-0.2, -0.15) is 0 Å². The minimum Gasteiger partial charge on any atom is -0.318 e. The number of rotatable bonds is 4. The Bertz CT molecular complexity index is 252. The van der Waals surface area contributed by atoms with Gasteiger partial charge in [0.2, 0.25) is 5.91 Å². The lowest BCUT2D eigenvalue weighted by Crippen LogP contribution is -2.47. The minimum atomic E-state index is -0.716. The Morgan fingerprint density at radius 3 is 2.33 bits per heavy atom. The monoisotopic (exact) mass is 232 g/mol. The van der Waals surface area contributed by atoms with E-state index in [-0.39, 0.29) is 6.04 Å². The van der Waals surface area contributed by atoms with Crippen molar-refractivity contribution in [3.63, 3.8) is 0 Å².